The number of hydrogen-bond donors (Lipinski definition) is 1. The van der Waals surface area contributed by atoms with Gasteiger partial charge < -0.3 is 5.32 Å². The molecule has 1 aliphatic rings. The van der Waals surface area contributed by atoms with Gasteiger partial charge in [0, 0.05) is 11.3 Å². The van der Waals surface area contributed by atoms with Crippen LogP contribution >= 0.6 is 23.1 Å². The molecule has 1 heterocycles. The topological polar surface area (TPSA) is 37.8 Å². The lowest BCUT2D eigenvalue weighted by Gasteiger charge is -2.35. The fourth-order valence-corrected chi connectivity index (χ4v) is 4.67. The molecule has 17 heavy (non-hydrogen) atoms. The molecule has 0 radical (unpaired) electrons. The summed E-state index contributed by atoms with van der Waals surface area (Å²) in [7, 11) is 0. The van der Waals surface area contributed by atoms with E-state index in [-0.39, 0.29) is 0 Å². The zero-order chi connectivity index (χ0) is 12.1. The molecular weight excluding hydrogens is 250 g/mol. The second-order valence-electron chi connectivity index (χ2n) is 4.61. The lowest BCUT2D eigenvalue weighted by Crippen LogP contribution is -2.42. The Balaban J connectivity index is 1.97. The molecule has 3 unspecified atom stereocenters. The van der Waals surface area contributed by atoms with Crippen molar-refractivity contribution in [2.45, 2.75) is 55.2 Å². The molecule has 5 heteroatoms. The van der Waals surface area contributed by atoms with Crippen LogP contribution in [0.2, 0.25) is 0 Å². The molecule has 0 aromatic carbocycles. The second kappa shape index (κ2) is 6.71. The molecule has 0 spiro atoms. The summed E-state index contributed by atoms with van der Waals surface area (Å²) in [6.07, 6.45) is 5.31. The van der Waals surface area contributed by atoms with E-state index in [1.165, 1.54) is 25.7 Å². The summed E-state index contributed by atoms with van der Waals surface area (Å²) in [6, 6.07) is 0.650. The van der Waals surface area contributed by atoms with Gasteiger partial charge >= 0.3 is 0 Å². The lowest BCUT2D eigenvalue weighted by molar-refractivity contribution is 0.298. The van der Waals surface area contributed by atoms with Crippen molar-refractivity contribution >= 4 is 23.1 Å². The summed E-state index contributed by atoms with van der Waals surface area (Å²) in [6.45, 7) is 5.57. The summed E-state index contributed by atoms with van der Waals surface area (Å²) in [5.74, 6) is 0.898. The van der Waals surface area contributed by atoms with Gasteiger partial charge in [-0.1, -0.05) is 43.4 Å². The minimum atomic E-state index is 0.650. The van der Waals surface area contributed by atoms with Gasteiger partial charge in [0.05, 0.1) is 0 Å². The van der Waals surface area contributed by atoms with Crippen LogP contribution in [-0.2, 0) is 0 Å². The van der Waals surface area contributed by atoms with E-state index in [0.29, 0.717) is 11.3 Å². The number of nitrogens with one attached hydrogen (secondary N) is 1. The summed E-state index contributed by atoms with van der Waals surface area (Å²) in [5.41, 5.74) is 1.82. The van der Waals surface area contributed by atoms with E-state index in [9.17, 15) is 0 Å². The highest BCUT2D eigenvalue weighted by molar-refractivity contribution is 8.01. The normalized spacial score (nSPS) is 29.4. The van der Waals surface area contributed by atoms with Crippen molar-refractivity contribution in [2.24, 2.45) is 5.92 Å². The van der Waals surface area contributed by atoms with Gasteiger partial charge in [0.15, 0.2) is 4.34 Å². The first-order valence-corrected chi connectivity index (χ1v) is 8.25. The monoisotopic (exact) mass is 271 g/mol. The van der Waals surface area contributed by atoms with Crippen LogP contribution < -0.4 is 5.32 Å². The fraction of sp³-hybridized carbons (Fsp3) is 0.833. The number of hydrogen-bond acceptors (Lipinski definition) is 5. The van der Waals surface area contributed by atoms with Gasteiger partial charge in [-0.15, -0.1) is 10.2 Å². The smallest absolute Gasteiger partial charge is 0.174 e. The standard InChI is InChI=1S/C12H21N3S2/c1-3-9-5-6-10(13-4-2)11(7-9)17-12-15-14-8-16-12/h8-11,13H,3-7H2,1-2H3. The third-order valence-electron chi connectivity index (χ3n) is 3.54. The van der Waals surface area contributed by atoms with Crippen molar-refractivity contribution in [3.05, 3.63) is 5.51 Å². The van der Waals surface area contributed by atoms with Gasteiger partial charge in [0.25, 0.3) is 0 Å². The fourth-order valence-electron chi connectivity index (χ4n) is 2.55. The molecule has 3 nitrogen and oxygen atoms in total. The molecule has 1 saturated carbocycles. The Hall–Kier alpha value is -0.130. The lowest BCUT2D eigenvalue weighted by atomic mass is 9.84. The van der Waals surface area contributed by atoms with Crippen LogP contribution in [0.3, 0.4) is 0 Å². The predicted octanol–water partition coefficient (Wildman–Crippen LogP) is 3.19. The van der Waals surface area contributed by atoms with Crippen LogP contribution in [0.25, 0.3) is 0 Å². The maximum Gasteiger partial charge on any atom is 0.174 e. The molecule has 0 aliphatic heterocycles. The van der Waals surface area contributed by atoms with E-state index >= 15 is 0 Å². The van der Waals surface area contributed by atoms with Crippen molar-refractivity contribution in [2.75, 3.05) is 6.54 Å². The highest BCUT2D eigenvalue weighted by atomic mass is 32.2. The number of aromatic nitrogens is 2. The molecule has 3 atom stereocenters. The van der Waals surface area contributed by atoms with Crippen LogP contribution in [0.1, 0.15) is 39.5 Å². The average Bonchev–Trinajstić information content (AvgIpc) is 2.84. The Morgan fingerprint density at radius 3 is 3.00 bits per heavy atom. The molecule has 96 valence electrons. The molecule has 0 amide bonds. The van der Waals surface area contributed by atoms with Gasteiger partial charge in [0.1, 0.15) is 5.51 Å². The van der Waals surface area contributed by atoms with Gasteiger partial charge in [-0.2, -0.15) is 0 Å². The van der Waals surface area contributed by atoms with Crippen molar-refractivity contribution in [1.29, 1.82) is 0 Å². The van der Waals surface area contributed by atoms with Crippen molar-refractivity contribution in [1.82, 2.24) is 15.5 Å². The highest BCUT2D eigenvalue weighted by Crippen LogP contribution is 2.37. The Morgan fingerprint density at radius 2 is 2.35 bits per heavy atom. The maximum absolute atomic E-state index is 4.16. The molecule has 1 aliphatic carbocycles. The highest BCUT2D eigenvalue weighted by Gasteiger charge is 2.30. The number of thioether (sulfide) groups is 1. The minimum Gasteiger partial charge on any atom is -0.313 e. The molecule has 1 fully saturated rings. The molecule has 0 saturated heterocycles. The predicted molar refractivity (Wildman–Crippen MR) is 74.7 cm³/mol. The minimum absolute atomic E-state index is 0.650. The maximum atomic E-state index is 4.16. The van der Waals surface area contributed by atoms with Crippen molar-refractivity contribution in [3.8, 4) is 0 Å². The number of rotatable bonds is 5. The Kier molecular flexibility index (Phi) is 5.25. The zero-order valence-electron chi connectivity index (χ0n) is 10.6. The van der Waals surface area contributed by atoms with Crippen LogP contribution in [0.15, 0.2) is 9.85 Å². The van der Waals surface area contributed by atoms with E-state index in [0.717, 1.165) is 16.8 Å². The molecule has 1 N–H and O–H groups in total. The largest absolute Gasteiger partial charge is 0.313 e. The molecule has 1 aromatic heterocycles. The van der Waals surface area contributed by atoms with Crippen LogP contribution in [0.4, 0.5) is 0 Å². The Morgan fingerprint density at radius 1 is 1.47 bits per heavy atom. The van der Waals surface area contributed by atoms with Crippen LogP contribution in [-0.4, -0.2) is 28.0 Å². The summed E-state index contributed by atoms with van der Waals surface area (Å²) in [4.78, 5) is 0. The van der Waals surface area contributed by atoms with E-state index < -0.39 is 0 Å². The van der Waals surface area contributed by atoms with Crippen molar-refractivity contribution in [3.63, 3.8) is 0 Å². The molecule has 2 rings (SSSR count). The van der Waals surface area contributed by atoms with Crippen LogP contribution in [0, 0.1) is 5.92 Å². The van der Waals surface area contributed by atoms with Gasteiger partial charge in [-0.3, -0.25) is 0 Å². The Labute approximate surface area is 112 Å². The molecule has 1 aromatic rings. The van der Waals surface area contributed by atoms with Gasteiger partial charge in [-0.25, -0.2) is 0 Å². The summed E-state index contributed by atoms with van der Waals surface area (Å²) < 4.78 is 1.12. The van der Waals surface area contributed by atoms with Gasteiger partial charge in [0.2, 0.25) is 0 Å². The first-order valence-electron chi connectivity index (χ1n) is 6.49. The zero-order valence-corrected chi connectivity index (χ0v) is 12.2. The van der Waals surface area contributed by atoms with E-state index in [2.05, 4.69) is 29.4 Å². The Bertz CT molecular complexity index is 316. The third-order valence-corrected chi connectivity index (χ3v) is 5.70. The quantitative estimate of drug-likeness (QED) is 0.892. The second-order valence-corrected chi connectivity index (χ2v) is 6.93. The number of nitrogens with zero attached hydrogens (tertiary/aromatic N) is 2. The van der Waals surface area contributed by atoms with E-state index in [1.807, 2.05) is 17.3 Å². The van der Waals surface area contributed by atoms with E-state index in [1.54, 1.807) is 11.3 Å². The SMILES string of the molecule is CCNC1CCC(CC)CC1Sc1nncs1. The van der Waals surface area contributed by atoms with Gasteiger partial charge in [-0.05, 0) is 31.7 Å². The first kappa shape index (κ1) is 13.3. The molecule has 0 bridgehead atoms. The third kappa shape index (κ3) is 3.66. The summed E-state index contributed by atoms with van der Waals surface area (Å²) in [5, 5.41) is 12.4. The van der Waals surface area contributed by atoms with Crippen molar-refractivity contribution < 1.29 is 0 Å². The van der Waals surface area contributed by atoms with Crippen LogP contribution in [0.5, 0.6) is 0 Å². The average molecular weight is 271 g/mol. The molecular formula is C12H21N3S2. The van der Waals surface area contributed by atoms with E-state index in [4.69, 9.17) is 0 Å². The summed E-state index contributed by atoms with van der Waals surface area (Å²) >= 11 is 3.58. The first-order chi connectivity index (χ1) is 8.33.